The van der Waals surface area contributed by atoms with E-state index in [4.69, 9.17) is 0 Å². The van der Waals surface area contributed by atoms with Crippen LogP contribution in [0.1, 0.15) is 36.8 Å². The fraction of sp³-hybridized carbons (Fsp3) is 0.533. The molecule has 0 spiro atoms. The second kappa shape index (κ2) is 6.01. The molecule has 0 bridgehead atoms. The second-order valence-corrected chi connectivity index (χ2v) is 5.18. The Bertz CT molecular complexity index is 423. The Morgan fingerprint density at radius 1 is 1.39 bits per heavy atom. The van der Waals surface area contributed by atoms with E-state index < -0.39 is 0 Å². The van der Waals surface area contributed by atoms with Gasteiger partial charge in [-0.25, -0.2) is 0 Å². The number of rotatable bonds is 4. The van der Waals surface area contributed by atoms with Crippen molar-refractivity contribution in [2.24, 2.45) is 0 Å². The van der Waals surface area contributed by atoms with Crippen LogP contribution in [0.4, 0.5) is 5.69 Å². The van der Waals surface area contributed by atoms with Gasteiger partial charge in [0, 0.05) is 18.2 Å². The highest BCUT2D eigenvalue weighted by Gasteiger charge is 2.15. The zero-order chi connectivity index (χ0) is 13.0. The minimum Gasteiger partial charge on any atom is -0.326 e. The van der Waals surface area contributed by atoms with Crippen molar-refractivity contribution in [2.75, 3.05) is 11.9 Å². The molecule has 3 heteroatoms. The zero-order valence-corrected chi connectivity index (χ0v) is 11.3. The highest BCUT2D eigenvalue weighted by atomic mass is 16.1. The van der Waals surface area contributed by atoms with Gasteiger partial charge in [-0.15, -0.1) is 0 Å². The van der Waals surface area contributed by atoms with E-state index in [0.29, 0.717) is 12.5 Å². The molecule has 0 aromatic heterocycles. The third kappa shape index (κ3) is 3.57. The van der Waals surface area contributed by atoms with Gasteiger partial charge in [0.15, 0.2) is 0 Å². The van der Waals surface area contributed by atoms with Gasteiger partial charge in [0.25, 0.3) is 0 Å². The molecule has 18 heavy (non-hydrogen) atoms. The molecule has 1 aliphatic rings. The summed E-state index contributed by atoms with van der Waals surface area (Å²) in [5, 5.41) is 6.38. The minimum absolute atomic E-state index is 0.118. The number of anilines is 1. The first kappa shape index (κ1) is 13.1. The van der Waals surface area contributed by atoms with Crippen LogP contribution in [-0.2, 0) is 4.79 Å². The molecule has 1 saturated heterocycles. The predicted molar refractivity (Wildman–Crippen MR) is 74.8 cm³/mol. The number of carbonyl (C=O) groups excluding carboxylic acids is 1. The van der Waals surface area contributed by atoms with E-state index in [2.05, 4.69) is 24.5 Å². The molecular formula is C15H22N2O. The van der Waals surface area contributed by atoms with Gasteiger partial charge in [0.05, 0.1) is 0 Å². The van der Waals surface area contributed by atoms with Crippen molar-refractivity contribution in [3.05, 3.63) is 29.3 Å². The average molecular weight is 246 g/mol. The molecule has 1 atom stereocenters. The van der Waals surface area contributed by atoms with Gasteiger partial charge in [-0.2, -0.15) is 0 Å². The fourth-order valence-corrected chi connectivity index (χ4v) is 2.35. The van der Waals surface area contributed by atoms with Gasteiger partial charge in [0.2, 0.25) is 5.91 Å². The summed E-state index contributed by atoms with van der Waals surface area (Å²) in [5.74, 6) is 0.118. The number of hydrogen-bond donors (Lipinski definition) is 2. The van der Waals surface area contributed by atoms with Crippen LogP contribution in [0.2, 0.25) is 0 Å². The van der Waals surface area contributed by atoms with Crippen LogP contribution in [-0.4, -0.2) is 18.5 Å². The molecule has 2 rings (SSSR count). The molecule has 1 fully saturated rings. The maximum absolute atomic E-state index is 11.8. The Labute approximate surface area is 109 Å². The molecule has 0 aliphatic carbocycles. The predicted octanol–water partition coefficient (Wildman–Crippen LogP) is 2.77. The lowest BCUT2D eigenvalue weighted by atomic mass is 10.1. The van der Waals surface area contributed by atoms with Crippen molar-refractivity contribution < 1.29 is 4.79 Å². The minimum atomic E-state index is 0.118. The molecule has 1 heterocycles. The average Bonchev–Trinajstić information content (AvgIpc) is 2.84. The van der Waals surface area contributed by atoms with Crippen LogP contribution in [0, 0.1) is 13.8 Å². The van der Waals surface area contributed by atoms with Crippen molar-refractivity contribution in [1.29, 1.82) is 0 Å². The van der Waals surface area contributed by atoms with Gasteiger partial charge in [-0.05, 0) is 62.9 Å². The molecule has 0 radical (unpaired) electrons. The highest BCUT2D eigenvalue weighted by Crippen LogP contribution is 2.15. The van der Waals surface area contributed by atoms with E-state index in [1.54, 1.807) is 0 Å². The van der Waals surface area contributed by atoms with Gasteiger partial charge in [0.1, 0.15) is 0 Å². The normalized spacial score (nSPS) is 18.9. The number of benzene rings is 1. The Kier molecular flexibility index (Phi) is 4.37. The molecule has 1 unspecified atom stereocenters. The lowest BCUT2D eigenvalue weighted by Crippen LogP contribution is -2.23. The number of carbonyl (C=O) groups is 1. The maximum Gasteiger partial charge on any atom is 0.224 e. The van der Waals surface area contributed by atoms with E-state index >= 15 is 0 Å². The van der Waals surface area contributed by atoms with Gasteiger partial charge in [-0.1, -0.05) is 6.07 Å². The topological polar surface area (TPSA) is 41.1 Å². The van der Waals surface area contributed by atoms with Crippen LogP contribution < -0.4 is 10.6 Å². The first-order valence-electron chi connectivity index (χ1n) is 6.75. The molecule has 1 aromatic carbocycles. The molecule has 2 N–H and O–H groups in total. The van der Waals surface area contributed by atoms with E-state index in [9.17, 15) is 4.79 Å². The molecule has 0 saturated carbocycles. The lowest BCUT2D eigenvalue weighted by molar-refractivity contribution is -0.116. The third-order valence-corrected chi connectivity index (χ3v) is 3.67. The monoisotopic (exact) mass is 246 g/mol. The Hall–Kier alpha value is -1.35. The van der Waals surface area contributed by atoms with E-state index in [1.807, 2.05) is 18.2 Å². The molecule has 1 amide bonds. The lowest BCUT2D eigenvalue weighted by Gasteiger charge is -2.11. The molecule has 98 valence electrons. The van der Waals surface area contributed by atoms with Crippen LogP contribution in [0.15, 0.2) is 18.2 Å². The molecular weight excluding hydrogens is 224 g/mol. The summed E-state index contributed by atoms with van der Waals surface area (Å²) < 4.78 is 0. The Morgan fingerprint density at radius 2 is 2.22 bits per heavy atom. The first-order chi connectivity index (χ1) is 8.65. The standard InChI is InChI=1S/C15H22N2O/c1-11-5-6-14(10-12(11)2)17-15(18)8-7-13-4-3-9-16-13/h5-6,10,13,16H,3-4,7-9H2,1-2H3,(H,17,18). The summed E-state index contributed by atoms with van der Waals surface area (Å²) >= 11 is 0. The summed E-state index contributed by atoms with van der Waals surface area (Å²) in [7, 11) is 0. The summed E-state index contributed by atoms with van der Waals surface area (Å²) in [4.78, 5) is 11.8. The second-order valence-electron chi connectivity index (χ2n) is 5.18. The number of amides is 1. The summed E-state index contributed by atoms with van der Waals surface area (Å²) in [6.45, 7) is 5.24. The van der Waals surface area contributed by atoms with Crippen LogP contribution >= 0.6 is 0 Å². The first-order valence-corrected chi connectivity index (χ1v) is 6.75. The molecule has 1 aromatic rings. The Balaban J connectivity index is 1.80. The smallest absolute Gasteiger partial charge is 0.224 e. The fourth-order valence-electron chi connectivity index (χ4n) is 2.35. The summed E-state index contributed by atoms with van der Waals surface area (Å²) in [6, 6.07) is 6.58. The van der Waals surface area contributed by atoms with Crippen molar-refractivity contribution in [2.45, 2.75) is 45.6 Å². The maximum atomic E-state index is 11.8. The van der Waals surface area contributed by atoms with E-state index in [0.717, 1.165) is 18.7 Å². The molecule has 3 nitrogen and oxygen atoms in total. The SMILES string of the molecule is Cc1ccc(NC(=O)CCC2CCCN2)cc1C. The van der Waals surface area contributed by atoms with Gasteiger partial charge in [-0.3, -0.25) is 4.79 Å². The highest BCUT2D eigenvalue weighted by molar-refractivity contribution is 5.90. The summed E-state index contributed by atoms with van der Waals surface area (Å²) in [6.07, 6.45) is 3.99. The van der Waals surface area contributed by atoms with Gasteiger partial charge < -0.3 is 10.6 Å². The number of nitrogens with one attached hydrogen (secondary N) is 2. The third-order valence-electron chi connectivity index (χ3n) is 3.67. The number of aryl methyl sites for hydroxylation is 2. The van der Waals surface area contributed by atoms with Crippen molar-refractivity contribution in [3.63, 3.8) is 0 Å². The quantitative estimate of drug-likeness (QED) is 0.857. The molecule has 1 aliphatic heterocycles. The van der Waals surface area contributed by atoms with Crippen molar-refractivity contribution in [3.8, 4) is 0 Å². The Morgan fingerprint density at radius 3 is 2.89 bits per heavy atom. The van der Waals surface area contributed by atoms with Crippen LogP contribution in [0.5, 0.6) is 0 Å². The zero-order valence-electron chi connectivity index (χ0n) is 11.3. The van der Waals surface area contributed by atoms with Crippen molar-refractivity contribution >= 4 is 11.6 Å². The van der Waals surface area contributed by atoms with Gasteiger partial charge >= 0.3 is 0 Å². The largest absolute Gasteiger partial charge is 0.326 e. The van der Waals surface area contributed by atoms with E-state index in [1.165, 1.54) is 24.0 Å². The van der Waals surface area contributed by atoms with Crippen molar-refractivity contribution in [1.82, 2.24) is 5.32 Å². The summed E-state index contributed by atoms with van der Waals surface area (Å²) in [5.41, 5.74) is 3.37. The van der Waals surface area contributed by atoms with Crippen LogP contribution in [0.25, 0.3) is 0 Å². The van der Waals surface area contributed by atoms with Crippen LogP contribution in [0.3, 0.4) is 0 Å². The number of hydrogen-bond acceptors (Lipinski definition) is 2. The van der Waals surface area contributed by atoms with E-state index in [-0.39, 0.29) is 5.91 Å².